The van der Waals surface area contributed by atoms with Crippen LogP contribution in [-0.2, 0) is 32.9 Å². The zero-order chi connectivity index (χ0) is 49.5. The molecule has 0 atom stereocenters. The van der Waals surface area contributed by atoms with E-state index < -0.39 is 31.7 Å². The third-order valence-corrected chi connectivity index (χ3v) is 16.3. The van der Waals surface area contributed by atoms with Crippen LogP contribution in [0.5, 0.6) is 0 Å². The van der Waals surface area contributed by atoms with Gasteiger partial charge in [0, 0.05) is 46.1 Å². The van der Waals surface area contributed by atoms with E-state index in [0.29, 0.717) is 22.5 Å². The second kappa shape index (κ2) is 24.0. The molecule has 2 N–H and O–H groups in total. The van der Waals surface area contributed by atoms with Crippen LogP contribution in [0.3, 0.4) is 0 Å². The number of Topliss-reactive ketones (excluding diaryl/α,β-unsaturated/α-hetero) is 2. The molecule has 20 heteroatoms. The summed E-state index contributed by atoms with van der Waals surface area (Å²) in [6.45, 7) is 10.3. The predicted octanol–water partition coefficient (Wildman–Crippen LogP) is 8.14. The van der Waals surface area contributed by atoms with Gasteiger partial charge in [-0.2, -0.15) is 0 Å². The SMILES string of the molecule is CO.Cc1cc(F)c(N2CCCC2)c(C)c1CC(=O)c1sccc1NS(=O)(=O)c1ccc(F)cc1.Cc1cc(F)c(N2CCCC2)c(C)c1CC(=O)c1sccc1[N-]S(=O)(=O)c1ccc(F)cc1.[Na+]. The molecule has 0 amide bonds. The first-order chi connectivity index (χ1) is 32.3. The fourth-order valence-electron chi connectivity index (χ4n) is 8.41. The van der Waals surface area contributed by atoms with E-state index in [2.05, 4.69) is 9.44 Å². The van der Waals surface area contributed by atoms with Crippen LogP contribution in [0.4, 0.5) is 40.3 Å². The Kier molecular flexibility index (Phi) is 19.3. The van der Waals surface area contributed by atoms with Crippen molar-refractivity contribution in [3.05, 3.63) is 155 Å². The first-order valence-corrected chi connectivity index (χ1v) is 26.3. The maximum absolute atomic E-state index is 14.8. The molecule has 2 aromatic heterocycles. The summed E-state index contributed by atoms with van der Waals surface area (Å²) in [4.78, 5) is 30.6. The van der Waals surface area contributed by atoms with Gasteiger partial charge in [-0.1, -0.05) is 6.07 Å². The first-order valence-electron chi connectivity index (χ1n) is 21.6. The number of aliphatic hydroxyl groups is 1. The Morgan fingerprint density at radius 2 is 1.03 bits per heavy atom. The zero-order valence-corrected chi connectivity index (χ0v) is 44.3. The smallest absolute Gasteiger partial charge is 0.571 e. The number of aryl methyl sites for hydroxylation is 2. The number of nitrogens with zero attached hydrogens (tertiary/aromatic N) is 3. The number of rotatable bonds is 14. The molecule has 0 unspecified atom stereocenters. The molecule has 6 aromatic rings. The second-order valence-electron chi connectivity index (χ2n) is 16.2. The van der Waals surface area contributed by atoms with Gasteiger partial charge in [0.15, 0.2) is 11.6 Å². The number of carbonyl (C=O) groups is 2. The van der Waals surface area contributed by atoms with Gasteiger partial charge in [0.25, 0.3) is 10.0 Å². The maximum Gasteiger partial charge on any atom is 1.00 e. The monoisotopic (exact) mass is 1030 g/mol. The summed E-state index contributed by atoms with van der Waals surface area (Å²) in [5.74, 6) is -2.22. The number of sulfonamides is 2. The van der Waals surface area contributed by atoms with Gasteiger partial charge in [-0.05, 0) is 164 Å². The van der Waals surface area contributed by atoms with Crippen molar-refractivity contribution in [1.29, 1.82) is 0 Å². The van der Waals surface area contributed by atoms with E-state index in [9.17, 15) is 44.0 Å². The summed E-state index contributed by atoms with van der Waals surface area (Å²) < 4.78 is 113. The van der Waals surface area contributed by atoms with E-state index in [1.54, 1.807) is 24.6 Å². The summed E-state index contributed by atoms with van der Waals surface area (Å²) in [6.07, 6.45) is 4.07. The molecular formula is C49H51F4N4NaO7S4. The molecule has 2 saturated heterocycles. The van der Waals surface area contributed by atoms with Gasteiger partial charge < -0.3 is 19.6 Å². The molecule has 4 heterocycles. The average molecular weight is 1040 g/mol. The van der Waals surface area contributed by atoms with Crippen molar-refractivity contribution in [3.8, 4) is 0 Å². The van der Waals surface area contributed by atoms with E-state index in [1.165, 1.54) is 24.3 Å². The van der Waals surface area contributed by atoms with Crippen LogP contribution in [0.1, 0.15) is 78.4 Å². The predicted molar refractivity (Wildman–Crippen MR) is 261 cm³/mol. The molecule has 2 aliphatic heterocycles. The molecule has 8 rings (SSSR count). The van der Waals surface area contributed by atoms with Crippen molar-refractivity contribution in [3.63, 3.8) is 0 Å². The van der Waals surface area contributed by atoms with Gasteiger partial charge in [-0.15, -0.1) is 28.4 Å². The van der Waals surface area contributed by atoms with Crippen molar-refractivity contribution in [2.75, 3.05) is 47.8 Å². The molecule has 0 saturated carbocycles. The van der Waals surface area contributed by atoms with E-state index >= 15 is 0 Å². The van der Waals surface area contributed by atoms with Crippen molar-refractivity contribution in [1.82, 2.24) is 0 Å². The second-order valence-corrected chi connectivity index (χ2v) is 21.3. The van der Waals surface area contributed by atoms with Crippen LogP contribution in [0.15, 0.2) is 93.3 Å². The van der Waals surface area contributed by atoms with Crippen molar-refractivity contribution < 1.29 is 78.7 Å². The normalized spacial score (nSPS) is 13.5. The van der Waals surface area contributed by atoms with Gasteiger partial charge in [0.2, 0.25) is 0 Å². The fourth-order valence-corrected chi connectivity index (χ4v) is 12.2. The number of aliphatic hydroxyl groups excluding tert-OH is 1. The Balaban J connectivity index is 0.000000245. The maximum atomic E-state index is 14.8. The summed E-state index contributed by atoms with van der Waals surface area (Å²) in [6, 6.07) is 14.7. The van der Waals surface area contributed by atoms with Crippen molar-refractivity contribution in [2.45, 2.75) is 76.0 Å². The van der Waals surface area contributed by atoms with E-state index in [1.807, 2.05) is 23.6 Å². The molecule has 0 spiro atoms. The Morgan fingerprint density at radius 3 is 1.49 bits per heavy atom. The van der Waals surface area contributed by atoms with Crippen molar-refractivity contribution in [2.24, 2.45) is 0 Å². The van der Waals surface area contributed by atoms with Crippen LogP contribution in [0, 0.1) is 51.0 Å². The molecule has 0 radical (unpaired) electrons. The number of thiophene rings is 2. The Labute approximate surface area is 431 Å². The quantitative estimate of drug-likeness (QED) is 0.0625. The fraction of sp³-hybridized carbons (Fsp3) is 0.306. The molecule has 2 fully saturated rings. The topological polar surface area (TPSA) is 155 Å². The van der Waals surface area contributed by atoms with Crippen molar-refractivity contribution >= 4 is 77.0 Å². The Morgan fingerprint density at radius 1 is 0.623 bits per heavy atom. The molecule has 0 aliphatic carbocycles. The van der Waals surface area contributed by atoms with Crippen LogP contribution < -0.4 is 44.1 Å². The number of hydrogen-bond acceptors (Lipinski definition) is 11. The van der Waals surface area contributed by atoms with E-state index in [0.717, 1.165) is 152 Å². The number of benzene rings is 4. The van der Waals surface area contributed by atoms with Gasteiger partial charge in [0.1, 0.15) is 33.3 Å². The number of carbonyl (C=O) groups excluding carboxylic acids is 2. The minimum absolute atomic E-state index is 0. The number of ketones is 2. The average Bonchev–Trinajstić information content (AvgIpc) is 4.15. The van der Waals surface area contributed by atoms with E-state index in [-0.39, 0.29) is 96.5 Å². The molecule has 362 valence electrons. The standard InChI is InChI=1S/2C24H24F2N2O3S2.CH4O.Na/c2*1-15-13-20(26)23(28-10-3-4-11-28)16(2)19(15)14-22(29)24-21(9-12-32-24)27-33(30,31)18-7-5-17(25)6-8-18;1-2;/h5-9,12-13H,3-4,10-11,14H2,1-2H3,(H,27,29);5-9,12-13,27H,3-4,10-11,14H2,1-2H3;2H,1H3;/q;;;+1/p-1. The third kappa shape index (κ3) is 13.0. The third-order valence-electron chi connectivity index (χ3n) is 11.7. The Bertz CT molecular complexity index is 2810. The molecular weight excluding hydrogens is 984 g/mol. The molecule has 69 heavy (non-hydrogen) atoms. The molecule has 4 aromatic carbocycles. The van der Waals surface area contributed by atoms with Gasteiger partial charge >= 0.3 is 29.6 Å². The molecule has 2 aliphatic rings. The Hall–Kier alpha value is -4.60. The van der Waals surface area contributed by atoms with Gasteiger partial charge in [0.05, 0.1) is 36.6 Å². The van der Waals surface area contributed by atoms with Gasteiger partial charge in [-0.3, -0.25) is 14.3 Å². The number of nitrogens with one attached hydrogen (secondary N) is 1. The summed E-state index contributed by atoms with van der Waals surface area (Å²) >= 11 is 2.25. The van der Waals surface area contributed by atoms with Crippen LogP contribution in [-0.4, -0.2) is 66.8 Å². The summed E-state index contributed by atoms with van der Waals surface area (Å²) in [5.41, 5.74) is 5.64. The number of anilines is 3. The number of halogens is 4. The van der Waals surface area contributed by atoms with E-state index in [4.69, 9.17) is 5.11 Å². The minimum atomic E-state index is -4.11. The molecule has 11 nitrogen and oxygen atoms in total. The number of hydrogen-bond donors (Lipinski definition) is 2. The van der Waals surface area contributed by atoms with Crippen LogP contribution >= 0.6 is 22.7 Å². The van der Waals surface area contributed by atoms with Crippen LogP contribution in [0.2, 0.25) is 0 Å². The molecule has 0 bridgehead atoms. The minimum Gasteiger partial charge on any atom is -0.571 e. The first kappa shape index (κ1) is 55.3. The summed E-state index contributed by atoms with van der Waals surface area (Å²) in [5, 5.41) is 10.2. The zero-order valence-electron chi connectivity index (χ0n) is 39.0. The largest absolute Gasteiger partial charge is 1.00 e. The van der Waals surface area contributed by atoms with Crippen LogP contribution in [0.25, 0.3) is 4.72 Å². The van der Waals surface area contributed by atoms with Gasteiger partial charge in [-0.25, -0.2) is 34.4 Å². The summed E-state index contributed by atoms with van der Waals surface area (Å²) in [7, 11) is -7.10.